The number of hydrogen-bond acceptors (Lipinski definition) is 4. The summed E-state index contributed by atoms with van der Waals surface area (Å²) in [5.74, 6) is 0.00990. The molecule has 1 aromatic carbocycles. The zero-order valence-electron chi connectivity index (χ0n) is 14.8. The standard InChI is InChI=1S/C20H23N5O/c26-20(22-14-5-1-2-6-14)13-9-10-17-16(11-13)18-19(24-23-17)21-12-25(18)15-7-3-4-8-15/h9-12,14-15H,1-8H2,(H,22,26). The first-order valence-electron chi connectivity index (χ1n) is 9.73. The molecule has 2 heterocycles. The van der Waals surface area contributed by atoms with E-state index in [1.54, 1.807) is 0 Å². The second-order valence-corrected chi connectivity index (χ2v) is 7.65. The van der Waals surface area contributed by atoms with E-state index < -0.39 is 0 Å². The lowest BCUT2D eigenvalue weighted by Crippen LogP contribution is -2.32. The van der Waals surface area contributed by atoms with Crippen molar-refractivity contribution in [3.05, 3.63) is 30.1 Å². The Balaban J connectivity index is 1.58. The van der Waals surface area contributed by atoms with Crippen LogP contribution in [-0.2, 0) is 0 Å². The minimum Gasteiger partial charge on any atom is -0.349 e. The van der Waals surface area contributed by atoms with Gasteiger partial charge in [0.15, 0.2) is 0 Å². The van der Waals surface area contributed by atoms with Crippen molar-refractivity contribution in [1.82, 2.24) is 25.1 Å². The van der Waals surface area contributed by atoms with E-state index in [1.807, 2.05) is 24.5 Å². The fourth-order valence-electron chi connectivity index (χ4n) is 4.54. The molecule has 3 aromatic rings. The smallest absolute Gasteiger partial charge is 0.251 e. The number of hydrogen-bond donors (Lipinski definition) is 1. The second-order valence-electron chi connectivity index (χ2n) is 7.65. The molecule has 0 bridgehead atoms. The third-order valence-electron chi connectivity index (χ3n) is 5.95. The largest absolute Gasteiger partial charge is 0.349 e. The Kier molecular flexibility index (Phi) is 3.84. The van der Waals surface area contributed by atoms with E-state index in [1.165, 1.54) is 38.5 Å². The van der Waals surface area contributed by atoms with Crippen LogP contribution in [-0.4, -0.2) is 31.7 Å². The minimum absolute atomic E-state index is 0.00990. The summed E-state index contributed by atoms with van der Waals surface area (Å²) < 4.78 is 2.25. The first kappa shape index (κ1) is 15.7. The van der Waals surface area contributed by atoms with E-state index >= 15 is 0 Å². The Morgan fingerprint density at radius 2 is 1.81 bits per heavy atom. The lowest BCUT2D eigenvalue weighted by molar-refractivity contribution is 0.0938. The summed E-state index contributed by atoms with van der Waals surface area (Å²) in [5, 5.41) is 12.7. The van der Waals surface area contributed by atoms with Crippen LogP contribution in [0.2, 0.25) is 0 Å². The molecule has 6 heteroatoms. The Bertz CT molecular complexity index is 967. The van der Waals surface area contributed by atoms with Crippen LogP contribution in [0.15, 0.2) is 24.5 Å². The Morgan fingerprint density at radius 3 is 2.62 bits per heavy atom. The minimum atomic E-state index is 0.00990. The molecule has 1 N–H and O–H groups in total. The predicted octanol–water partition coefficient (Wildman–Crippen LogP) is 3.77. The Morgan fingerprint density at radius 1 is 1.04 bits per heavy atom. The molecular weight excluding hydrogens is 326 g/mol. The summed E-state index contributed by atoms with van der Waals surface area (Å²) in [6.45, 7) is 0. The molecular formula is C20H23N5O. The van der Waals surface area contributed by atoms with Crippen LogP contribution < -0.4 is 5.32 Å². The van der Waals surface area contributed by atoms with Crippen LogP contribution in [0.5, 0.6) is 0 Å². The summed E-state index contributed by atoms with van der Waals surface area (Å²) in [5.41, 5.74) is 3.18. The van der Waals surface area contributed by atoms with Crippen LogP contribution in [0.25, 0.3) is 22.1 Å². The van der Waals surface area contributed by atoms with Crippen molar-refractivity contribution in [2.24, 2.45) is 0 Å². The van der Waals surface area contributed by atoms with Crippen molar-refractivity contribution in [2.75, 3.05) is 0 Å². The average molecular weight is 349 g/mol. The first-order valence-corrected chi connectivity index (χ1v) is 9.73. The third kappa shape index (κ3) is 2.64. The van der Waals surface area contributed by atoms with Gasteiger partial charge in [-0.3, -0.25) is 4.79 Å². The lowest BCUT2D eigenvalue weighted by atomic mass is 10.1. The number of fused-ring (bicyclic) bond motifs is 3. The SMILES string of the molecule is O=C(NC1CCCC1)c1ccc2nnc3ncn(C4CCCC4)c3c2c1. The van der Waals surface area contributed by atoms with Gasteiger partial charge >= 0.3 is 0 Å². The normalized spacial score (nSPS) is 18.9. The molecule has 2 aromatic heterocycles. The number of aromatic nitrogens is 4. The maximum atomic E-state index is 12.7. The van der Waals surface area contributed by atoms with E-state index in [4.69, 9.17) is 0 Å². The molecule has 0 aliphatic heterocycles. The number of rotatable bonds is 3. The quantitative estimate of drug-likeness (QED) is 0.781. The second kappa shape index (κ2) is 6.34. The number of imidazole rings is 1. The number of benzene rings is 1. The van der Waals surface area contributed by atoms with Crippen LogP contribution in [0.3, 0.4) is 0 Å². The fraction of sp³-hybridized carbons (Fsp3) is 0.500. The van der Waals surface area contributed by atoms with E-state index in [-0.39, 0.29) is 5.91 Å². The van der Waals surface area contributed by atoms with Gasteiger partial charge in [0.2, 0.25) is 5.65 Å². The molecule has 0 spiro atoms. The maximum absolute atomic E-state index is 12.7. The average Bonchev–Trinajstić information content (AvgIpc) is 3.41. The molecule has 0 atom stereocenters. The molecule has 134 valence electrons. The van der Waals surface area contributed by atoms with Gasteiger partial charge in [0.1, 0.15) is 0 Å². The van der Waals surface area contributed by atoms with Crippen LogP contribution in [0, 0.1) is 0 Å². The van der Waals surface area contributed by atoms with Gasteiger partial charge < -0.3 is 9.88 Å². The van der Waals surface area contributed by atoms with Gasteiger partial charge in [0, 0.05) is 23.0 Å². The van der Waals surface area contributed by atoms with E-state index in [0.717, 1.165) is 29.3 Å². The summed E-state index contributed by atoms with van der Waals surface area (Å²) in [7, 11) is 0. The highest BCUT2D eigenvalue weighted by atomic mass is 16.1. The number of nitrogens with zero attached hydrogens (tertiary/aromatic N) is 4. The van der Waals surface area contributed by atoms with E-state index in [0.29, 0.717) is 23.3 Å². The van der Waals surface area contributed by atoms with Crippen LogP contribution in [0.4, 0.5) is 0 Å². The molecule has 5 rings (SSSR count). The Labute approximate surface area is 152 Å². The van der Waals surface area contributed by atoms with Crippen molar-refractivity contribution in [3.8, 4) is 0 Å². The molecule has 0 radical (unpaired) electrons. The highest BCUT2D eigenvalue weighted by molar-refractivity contribution is 6.05. The molecule has 2 aliphatic rings. The van der Waals surface area contributed by atoms with Crippen molar-refractivity contribution >= 4 is 28.0 Å². The number of amides is 1. The summed E-state index contributed by atoms with van der Waals surface area (Å²) >= 11 is 0. The molecule has 2 aliphatic carbocycles. The number of carbonyl (C=O) groups is 1. The van der Waals surface area contributed by atoms with Crippen LogP contribution >= 0.6 is 0 Å². The van der Waals surface area contributed by atoms with Crippen molar-refractivity contribution in [1.29, 1.82) is 0 Å². The molecule has 2 saturated carbocycles. The molecule has 2 fully saturated rings. The van der Waals surface area contributed by atoms with Crippen molar-refractivity contribution in [2.45, 2.75) is 63.5 Å². The van der Waals surface area contributed by atoms with E-state index in [2.05, 4.69) is 25.1 Å². The highest BCUT2D eigenvalue weighted by Gasteiger charge is 2.22. The van der Waals surface area contributed by atoms with Gasteiger partial charge in [0.25, 0.3) is 5.91 Å². The molecule has 26 heavy (non-hydrogen) atoms. The number of carbonyl (C=O) groups excluding carboxylic acids is 1. The number of nitrogens with one attached hydrogen (secondary N) is 1. The molecule has 0 unspecified atom stereocenters. The van der Waals surface area contributed by atoms with Crippen molar-refractivity contribution in [3.63, 3.8) is 0 Å². The molecule has 0 saturated heterocycles. The Hall–Kier alpha value is -2.50. The molecule has 6 nitrogen and oxygen atoms in total. The van der Waals surface area contributed by atoms with Gasteiger partial charge in [-0.15, -0.1) is 10.2 Å². The monoisotopic (exact) mass is 349 g/mol. The zero-order valence-corrected chi connectivity index (χ0v) is 14.8. The van der Waals surface area contributed by atoms with Gasteiger partial charge in [-0.05, 0) is 43.9 Å². The fourth-order valence-corrected chi connectivity index (χ4v) is 4.54. The maximum Gasteiger partial charge on any atom is 0.251 e. The van der Waals surface area contributed by atoms with Gasteiger partial charge in [-0.2, -0.15) is 0 Å². The molecule has 1 amide bonds. The lowest BCUT2D eigenvalue weighted by Gasteiger charge is -2.14. The topological polar surface area (TPSA) is 72.7 Å². The van der Waals surface area contributed by atoms with Crippen molar-refractivity contribution < 1.29 is 4.79 Å². The highest BCUT2D eigenvalue weighted by Crippen LogP contribution is 2.33. The van der Waals surface area contributed by atoms with Gasteiger partial charge in [-0.1, -0.05) is 25.7 Å². The summed E-state index contributed by atoms with van der Waals surface area (Å²) in [4.78, 5) is 17.2. The summed E-state index contributed by atoms with van der Waals surface area (Å²) in [6.07, 6.45) is 11.4. The first-order chi connectivity index (χ1) is 12.8. The zero-order chi connectivity index (χ0) is 17.5. The van der Waals surface area contributed by atoms with E-state index in [9.17, 15) is 4.79 Å². The van der Waals surface area contributed by atoms with Gasteiger partial charge in [0.05, 0.1) is 17.4 Å². The third-order valence-corrected chi connectivity index (χ3v) is 5.95. The van der Waals surface area contributed by atoms with Gasteiger partial charge in [-0.25, -0.2) is 4.98 Å². The predicted molar refractivity (Wildman–Crippen MR) is 100 cm³/mol. The summed E-state index contributed by atoms with van der Waals surface area (Å²) in [6, 6.07) is 6.51. The van der Waals surface area contributed by atoms with Crippen LogP contribution in [0.1, 0.15) is 67.8 Å².